The molecule has 0 spiro atoms. The molecule has 0 aromatic heterocycles. The van der Waals surface area contributed by atoms with E-state index in [0.717, 1.165) is 12.8 Å². The van der Waals surface area contributed by atoms with Crippen molar-refractivity contribution >= 4 is 18.3 Å². The van der Waals surface area contributed by atoms with Gasteiger partial charge in [0.1, 0.15) is 0 Å². The second kappa shape index (κ2) is 7.53. The zero-order valence-corrected chi connectivity index (χ0v) is 17.2. The van der Waals surface area contributed by atoms with Gasteiger partial charge in [-0.25, -0.2) is 0 Å². The fraction of sp³-hybridized carbons (Fsp3) is 0.458. The lowest BCUT2D eigenvalue weighted by atomic mass is 9.65. The van der Waals surface area contributed by atoms with Gasteiger partial charge < -0.3 is 10.6 Å². The third-order valence-electron chi connectivity index (χ3n) is 7.30. The molecule has 3 aliphatic rings. The zero-order chi connectivity index (χ0) is 18.5. The number of hydrogen-bond donors (Lipinski definition) is 1. The van der Waals surface area contributed by atoms with Crippen LogP contribution >= 0.6 is 12.4 Å². The van der Waals surface area contributed by atoms with Gasteiger partial charge in [-0.1, -0.05) is 55.0 Å². The van der Waals surface area contributed by atoms with Crippen LogP contribution in [0.25, 0.3) is 11.1 Å². The monoisotopic (exact) mass is 396 g/mol. The van der Waals surface area contributed by atoms with Gasteiger partial charge in [-0.05, 0) is 59.8 Å². The summed E-state index contributed by atoms with van der Waals surface area (Å²) >= 11 is 0. The molecule has 0 heterocycles. The molecule has 2 fully saturated rings. The number of carbonyl (C=O) groups excluding carboxylic acids is 1. The first-order valence-corrected chi connectivity index (χ1v) is 10.4. The van der Waals surface area contributed by atoms with Crippen LogP contribution < -0.4 is 5.73 Å². The Labute approximate surface area is 173 Å². The maximum absolute atomic E-state index is 13.5. The number of amides is 1. The summed E-state index contributed by atoms with van der Waals surface area (Å²) in [5, 5.41) is 0. The van der Waals surface area contributed by atoms with Crippen LogP contribution in [0.2, 0.25) is 0 Å². The van der Waals surface area contributed by atoms with Crippen LogP contribution in [-0.4, -0.2) is 23.9 Å². The molecule has 5 rings (SSSR count). The van der Waals surface area contributed by atoms with Gasteiger partial charge in [-0.2, -0.15) is 0 Å². The largest absolute Gasteiger partial charge is 0.334 e. The minimum Gasteiger partial charge on any atom is -0.334 e. The predicted molar refractivity (Wildman–Crippen MR) is 115 cm³/mol. The Balaban J connectivity index is 0.00000192. The van der Waals surface area contributed by atoms with Gasteiger partial charge >= 0.3 is 0 Å². The van der Waals surface area contributed by atoms with E-state index in [1.165, 1.54) is 41.5 Å². The number of fused-ring (bicyclic) bond motifs is 5. The summed E-state index contributed by atoms with van der Waals surface area (Å²) in [6, 6.07) is 17.4. The van der Waals surface area contributed by atoms with E-state index in [0.29, 0.717) is 23.8 Å². The van der Waals surface area contributed by atoms with Crippen molar-refractivity contribution in [2.75, 3.05) is 7.05 Å². The molecule has 2 aromatic carbocycles. The van der Waals surface area contributed by atoms with Gasteiger partial charge in [-0.3, -0.25) is 4.79 Å². The Morgan fingerprint density at radius 2 is 1.43 bits per heavy atom. The fourth-order valence-corrected chi connectivity index (χ4v) is 5.95. The van der Waals surface area contributed by atoms with Gasteiger partial charge in [0.15, 0.2) is 0 Å². The zero-order valence-electron chi connectivity index (χ0n) is 16.4. The highest BCUT2D eigenvalue weighted by atomic mass is 35.5. The van der Waals surface area contributed by atoms with Crippen LogP contribution in [0.3, 0.4) is 0 Å². The number of nitrogens with zero attached hydrogens (tertiary/aromatic N) is 1. The van der Waals surface area contributed by atoms with E-state index in [2.05, 4.69) is 48.5 Å². The van der Waals surface area contributed by atoms with Crippen molar-refractivity contribution in [3.05, 3.63) is 59.7 Å². The highest BCUT2D eigenvalue weighted by Crippen LogP contribution is 2.47. The number of benzene rings is 2. The second-order valence-electron chi connectivity index (χ2n) is 8.72. The van der Waals surface area contributed by atoms with E-state index in [9.17, 15) is 4.79 Å². The quantitative estimate of drug-likeness (QED) is 0.793. The topological polar surface area (TPSA) is 46.3 Å². The molecular weight excluding hydrogens is 368 g/mol. The minimum atomic E-state index is 0. The van der Waals surface area contributed by atoms with Crippen molar-refractivity contribution in [2.45, 2.75) is 44.2 Å². The summed E-state index contributed by atoms with van der Waals surface area (Å²) < 4.78 is 0. The van der Waals surface area contributed by atoms with Crippen molar-refractivity contribution < 1.29 is 4.79 Å². The van der Waals surface area contributed by atoms with Crippen LogP contribution in [0.4, 0.5) is 0 Å². The summed E-state index contributed by atoms with van der Waals surface area (Å²) in [4.78, 5) is 15.5. The number of halogens is 1. The molecule has 1 amide bonds. The molecule has 2 atom stereocenters. The van der Waals surface area contributed by atoms with Crippen molar-refractivity contribution in [2.24, 2.45) is 23.5 Å². The molecule has 0 saturated heterocycles. The van der Waals surface area contributed by atoms with Gasteiger partial charge in [0.2, 0.25) is 5.91 Å². The Kier molecular flexibility index (Phi) is 5.24. The molecule has 0 radical (unpaired) electrons. The lowest BCUT2D eigenvalue weighted by Gasteiger charge is -2.44. The summed E-state index contributed by atoms with van der Waals surface area (Å²) in [7, 11) is 2.00. The van der Waals surface area contributed by atoms with Crippen molar-refractivity contribution in [1.29, 1.82) is 0 Å². The molecule has 0 aliphatic heterocycles. The number of nitrogens with two attached hydrogens (primary N) is 1. The normalized spacial score (nSPS) is 28.1. The third kappa shape index (κ3) is 2.96. The molecular formula is C24H29ClN2O. The van der Waals surface area contributed by atoms with Gasteiger partial charge in [0.05, 0.1) is 6.04 Å². The van der Waals surface area contributed by atoms with Crippen LogP contribution in [0.15, 0.2) is 48.5 Å². The van der Waals surface area contributed by atoms with Gasteiger partial charge in [0, 0.05) is 19.0 Å². The van der Waals surface area contributed by atoms with Crippen LogP contribution in [0.5, 0.6) is 0 Å². The molecule has 148 valence electrons. The molecule has 4 heteroatoms. The number of hydrogen-bond acceptors (Lipinski definition) is 2. The minimum absolute atomic E-state index is 0. The Morgan fingerprint density at radius 1 is 0.929 bits per heavy atom. The first-order chi connectivity index (χ1) is 13.1. The molecule has 2 unspecified atom stereocenters. The van der Waals surface area contributed by atoms with E-state index in [-0.39, 0.29) is 24.4 Å². The van der Waals surface area contributed by atoms with E-state index >= 15 is 0 Å². The lowest BCUT2D eigenvalue weighted by Crippen LogP contribution is -2.49. The van der Waals surface area contributed by atoms with Crippen LogP contribution in [0, 0.1) is 17.8 Å². The first-order valence-electron chi connectivity index (χ1n) is 10.4. The van der Waals surface area contributed by atoms with Crippen LogP contribution in [0.1, 0.15) is 49.3 Å². The summed E-state index contributed by atoms with van der Waals surface area (Å²) in [5.41, 5.74) is 11.5. The Bertz CT molecular complexity index is 823. The summed E-state index contributed by atoms with van der Waals surface area (Å²) in [6.07, 6.45) is 5.61. The summed E-state index contributed by atoms with van der Waals surface area (Å²) in [6.45, 7) is 0. The van der Waals surface area contributed by atoms with E-state index in [1.54, 1.807) is 0 Å². The lowest BCUT2D eigenvalue weighted by molar-refractivity contribution is -0.138. The predicted octanol–water partition coefficient (Wildman–Crippen LogP) is 4.79. The maximum Gasteiger partial charge on any atom is 0.226 e. The third-order valence-corrected chi connectivity index (χ3v) is 7.30. The fourth-order valence-electron chi connectivity index (χ4n) is 5.95. The standard InChI is InChI=1S/C24H28N2O.ClH/c1-26(24(27)17-13-15-7-6-8-16(14-17)22(15)25)23-20-11-4-2-9-18(20)19-10-3-5-12-21(19)23;/h2-5,9-12,15-17,22-23H,6-8,13-14,25H2,1H3;1H. The average molecular weight is 397 g/mol. The number of rotatable bonds is 2. The Morgan fingerprint density at radius 3 is 1.96 bits per heavy atom. The van der Waals surface area contributed by atoms with Crippen molar-refractivity contribution in [3.63, 3.8) is 0 Å². The molecule has 2 aromatic rings. The van der Waals surface area contributed by atoms with Gasteiger partial charge in [-0.15, -0.1) is 12.4 Å². The smallest absolute Gasteiger partial charge is 0.226 e. The highest BCUT2D eigenvalue weighted by molar-refractivity contribution is 5.85. The Hall–Kier alpha value is -1.84. The van der Waals surface area contributed by atoms with Crippen molar-refractivity contribution in [1.82, 2.24) is 4.90 Å². The molecule has 2 N–H and O–H groups in total. The number of carbonyl (C=O) groups is 1. The molecule has 3 aliphatic carbocycles. The molecule has 28 heavy (non-hydrogen) atoms. The van der Waals surface area contributed by atoms with E-state index in [1.807, 2.05) is 11.9 Å². The van der Waals surface area contributed by atoms with Crippen molar-refractivity contribution in [3.8, 4) is 11.1 Å². The average Bonchev–Trinajstić information content (AvgIpc) is 3.01. The second-order valence-corrected chi connectivity index (χ2v) is 8.72. The van der Waals surface area contributed by atoms with Gasteiger partial charge in [0.25, 0.3) is 0 Å². The highest BCUT2D eigenvalue weighted by Gasteiger charge is 2.43. The van der Waals surface area contributed by atoms with E-state index < -0.39 is 0 Å². The molecule has 3 nitrogen and oxygen atoms in total. The van der Waals surface area contributed by atoms with E-state index in [4.69, 9.17) is 5.73 Å². The maximum atomic E-state index is 13.5. The first kappa shape index (κ1) is 19.5. The SMILES string of the molecule is CN(C(=O)C1CC2CCCC(C1)C2N)C1c2ccccc2-c2ccccc21.Cl. The molecule has 2 bridgehead atoms. The van der Waals surface area contributed by atoms with Crippen LogP contribution in [-0.2, 0) is 4.79 Å². The summed E-state index contributed by atoms with van der Waals surface area (Å²) in [5.74, 6) is 1.49. The molecule has 2 saturated carbocycles.